The molecular weight excluding hydrogens is 292 g/mol. The van der Waals surface area contributed by atoms with Crippen LogP contribution in [0.1, 0.15) is 12.2 Å². The molecule has 0 N–H and O–H groups in total. The lowest BCUT2D eigenvalue weighted by atomic mass is 10.2. The minimum Gasteiger partial charge on any atom is -0.379 e. The maximum atomic E-state index is 6.09. The fourth-order valence-electron chi connectivity index (χ4n) is 3.00. The number of anilines is 1. The second-order valence-corrected chi connectivity index (χ2v) is 5.82. The van der Waals surface area contributed by atoms with Crippen molar-refractivity contribution in [3.8, 4) is 0 Å². The first-order chi connectivity index (χ1) is 10.3. The van der Waals surface area contributed by atoms with Crippen molar-refractivity contribution in [1.82, 2.24) is 14.9 Å². The summed E-state index contributed by atoms with van der Waals surface area (Å²) in [5, 5.41) is 0.474. The average Bonchev–Trinajstić information content (AvgIpc) is 2.98. The highest BCUT2D eigenvalue weighted by Gasteiger charge is 2.29. The summed E-state index contributed by atoms with van der Waals surface area (Å²) in [6, 6.07) is 2.41. The van der Waals surface area contributed by atoms with Crippen LogP contribution >= 0.6 is 11.6 Å². The van der Waals surface area contributed by atoms with Crippen LogP contribution in [0.25, 0.3) is 0 Å². The largest absolute Gasteiger partial charge is 0.379 e. The number of nitrogens with zero attached hydrogens (tertiary/aromatic N) is 4. The normalized spacial score (nSPS) is 23.7. The molecule has 0 aliphatic carbocycles. The summed E-state index contributed by atoms with van der Waals surface area (Å²) < 4.78 is 10.5. The van der Waals surface area contributed by atoms with Gasteiger partial charge >= 0.3 is 0 Å². The van der Waals surface area contributed by atoms with Crippen LogP contribution in [0.15, 0.2) is 6.07 Å². The van der Waals surface area contributed by atoms with Crippen LogP contribution in [0.5, 0.6) is 0 Å². The van der Waals surface area contributed by atoms with Gasteiger partial charge in [0.2, 0.25) is 0 Å². The minimum absolute atomic E-state index is 0.383. The van der Waals surface area contributed by atoms with E-state index in [2.05, 4.69) is 19.8 Å². The molecule has 2 fully saturated rings. The van der Waals surface area contributed by atoms with Crippen LogP contribution in [-0.2, 0) is 16.1 Å². The second-order valence-electron chi connectivity index (χ2n) is 5.43. The van der Waals surface area contributed by atoms with E-state index in [0.29, 0.717) is 23.6 Å². The molecule has 2 aliphatic rings. The SMILES string of the molecule is COCc1nc(Cl)cc(N2CCC(N3CCOCC3)C2)n1. The van der Waals surface area contributed by atoms with Crippen molar-refractivity contribution in [2.45, 2.75) is 19.1 Å². The fourth-order valence-corrected chi connectivity index (χ4v) is 3.19. The molecule has 0 bridgehead atoms. The van der Waals surface area contributed by atoms with Crippen LogP contribution in [-0.4, -0.2) is 67.4 Å². The molecule has 1 aromatic heterocycles. The number of aromatic nitrogens is 2. The summed E-state index contributed by atoms with van der Waals surface area (Å²) in [5.41, 5.74) is 0. The molecule has 0 radical (unpaired) electrons. The third-order valence-corrected chi connectivity index (χ3v) is 4.24. The maximum Gasteiger partial charge on any atom is 0.158 e. The molecule has 7 heteroatoms. The predicted octanol–water partition coefficient (Wildman–Crippen LogP) is 1.19. The smallest absolute Gasteiger partial charge is 0.158 e. The Balaban J connectivity index is 1.67. The molecule has 21 heavy (non-hydrogen) atoms. The lowest BCUT2D eigenvalue weighted by Gasteiger charge is -2.32. The molecule has 3 rings (SSSR count). The Hall–Kier alpha value is -0.950. The van der Waals surface area contributed by atoms with Gasteiger partial charge in [-0.15, -0.1) is 0 Å². The van der Waals surface area contributed by atoms with Gasteiger partial charge in [-0.3, -0.25) is 4.90 Å². The van der Waals surface area contributed by atoms with Crippen molar-refractivity contribution in [3.63, 3.8) is 0 Å². The molecule has 1 atom stereocenters. The number of ether oxygens (including phenoxy) is 2. The van der Waals surface area contributed by atoms with Gasteiger partial charge in [0.25, 0.3) is 0 Å². The zero-order chi connectivity index (χ0) is 14.7. The number of halogens is 1. The number of morpholine rings is 1. The topological polar surface area (TPSA) is 50.7 Å². The number of hydrogen-bond acceptors (Lipinski definition) is 6. The number of methoxy groups -OCH3 is 1. The van der Waals surface area contributed by atoms with Crippen LogP contribution in [0.4, 0.5) is 5.82 Å². The van der Waals surface area contributed by atoms with Crippen molar-refractivity contribution in [3.05, 3.63) is 17.0 Å². The summed E-state index contributed by atoms with van der Waals surface area (Å²) in [4.78, 5) is 13.5. The molecule has 0 amide bonds. The first-order valence-corrected chi connectivity index (χ1v) is 7.73. The van der Waals surface area contributed by atoms with Crippen molar-refractivity contribution < 1.29 is 9.47 Å². The molecule has 116 valence electrons. The van der Waals surface area contributed by atoms with Gasteiger partial charge < -0.3 is 14.4 Å². The lowest BCUT2D eigenvalue weighted by Crippen LogP contribution is -2.44. The molecule has 0 spiro atoms. The molecule has 1 unspecified atom stereocenters. The van der Waals surface area contributed by atoms with Crippen LogP contribution in [0.2, 0.25) is 5.15 Å². The molecule has 2 saturated heterocycles. The van der Waals surface area contributed by atoms with Gasteiger partial charge in [0.05, 0.1) is 13.2 Å². The predicted molar refractivity (Wildman–Crippen MR) is 80.8 cm³/mol. The molecule has 2 aliphatic heterocycles. The monoisotopic (exact) mass is 312 g/mol. The standard InChI is InChI=1S/C14H21ClN4O2/c1-20-10-13-16-12(15)8-14(17-13)19-3-2-11(9-19)18-4-6-21-7-5-18/h8,11H,2-7,9-10H2,1H3. The van der Waals surface area contributed by atoms with Gasteiger partial charge in [-0.1, -0.05) is 11.6 Å². The Labute approximate surface area is 130 Å². The van der Waals surface area contributed by atoms with E-state index in [-0.39, 0.29) is 0 Å². The average molecular weight is 313 g/mol. The highest BCUT2D eigenvalue weighted by atomic mass is 35.5. The van der Waals surface area contributed by atoms with E-state index in [1.807, 2.05) is 6.07 Å². The Kier molecular flexibility index (Phi) is 4.90. The molecule has 6 nitrogen and oxygen atoms in total. The molecule has 1 aromatic rings. The van der Waals surface area contributed by atoms with E-state index in [0.717, 1.165) is 51.6 Å². The van der Waals surface area contributed by atoms with Gasteiger partial charge in [-0.25, -0.2) is 9.97 Å². The van der Waals surface area contributed by atoms with Gasteiger partial charge in [0.1, 0.15) is 17.6 Å². The minimum atomic E-state index is 0.383. The molecule has 3 heterocycles. The highest BCUT2D eigenvalue weighted by Crippen LogP contribution is 2.24. The van der Waals surface area contributed by atoms with E-state index in [1.54, 1.807) is 7.11 Å². The van der Waals surface area contributed by atoms with Crippen molar-refractivity contribution in [2.24, 2.45) is 0 Å². The third kappa shape index (κ3) is 3.63. The van der Waals surface area contributed by atoms with E-state index in [4.69, 9.17) is 21.1 Å². The summed E-state index contributed by atoms with van der Waals surface area (Å²) >= 11 is 6.09. The zero-order valence-electron chi connectivity index (χ0n) is 12.3. The Morgan fingerprint density at radius 3 is 2.90 bits per heavy atom. The number of rotatable bonds is 4. The maximum absolute atomic E-state index is 6.09. The Bertz CT molecular complexity index is 482. The van der Waals surface area contributed by atoms with Gasteiger partial charge in [0.15, 0.2) is 5.82 Å². The van der Waals surface area contributed by atoms with E-state index >= 15 is 0 Å². The molecular formula is C14H21ClN4O2. The van der Waals surface area contributed by atoms with E-state index in [1.165, 1.54) is 0 Å². The summed E-state index contributed by atoms with van der Waals surface area (Å²) in [6.07, 6.45) is 1.15. The first kappa shape index (κ1) is 15.0. The quantitative estimate of drug-likeness (QED) is 0.778. The van der Waals surface area contributed by atoms with Crippen LogP contribution < -0.4 is 4.90 Å². The lowest BCUT2D eigenvalue weighted by molar-refractivity contribution is 0.0209. The van der Waals surface area contributed by atoms with Gasteiger partial charge in [-0.2, -0.15) is 0 Å². The van der Waals surface area contributed by atoms with E-state index < -0.39 is 0 Å². The van der Waals surface area contributed by atoms with Gasteiger partial charge in [-0.05, 0) is 6.42 Å². The van der Waals surface area contributed by atoms with Crippen LogP contribution in [0, 0.1) is 0 Å². The number of hydrogen-bond donors (Lipinski definition) is 0. The highest BCUT2D eigenvalue weighted by molar-refractivity contribution is 6.29. The fraction of sp³-hybridized carbons (Fsp3) is 0.714. The summed E-state index contributed by atoms with van der Waals surface area (Å²) in [7, 11) is 1.63. The summed E-state index contributed by atoms with van der Waals surface area (Å²) in [6.45, 7) is 6.10. The van der Waals surface area contributed by atoms with Crippen molar-refractivity contribution in [2.75, 3.05) is 51.4 Å². The van der Waals surface area contributed by atoms with Crippen LogP contribution in [0.3, 0.4) is 0 Å². The Morgan fingerprint density at radius 2 is 2.14 bits per heavy atom. The summed E-state index contributed by atoms with van der Waals surface area (Å²) in [5.74, 6) is 1.53. The first-order valence-electron chi connectivity index (χ1n) is 7.35. The van der Waals surface area contributed by atoms with Crippen molar-refractivity contribution >= 4 is 17.4 Å². The third-order valence-electron chi connectivity index (χ3n) is 4.05. The zero-order valence-corrected chi connectivity index (χ0v) is 13.1. The Morgan fingerprint density at radius 1 is 1.33 bits per heavy atom. The van der Waals surface area contributed by atoms with E-state index in [9.17, 15) is 0 Å². The van der Waals surface area contributed by atoms with Gasteiger partial charge in [0, 0.05) is 45.4 Å². The second kappa shape index (κ2) is 6.87. The van der Waals surface area contributed by atoms with Crippen molar-refractivity contribution in [1.29, 1.82) is 0 Å². The molecule has 0 aromatic carbocycles. The molecule has 0 saturated carbocycles.